The van der Waals surface area contributed by atoms with Gasteiger partial charge in [-0.25, -0.2) is 18.2 Å². The molecule has 1 amide bonds. The van der Waals surface area contributed by atoms with Crippen molar-refractivity contribution < 1.29 is 23.2 Å². The number of nitrogens with one attached hydrogen (secondary N) is 1. The van der Waals surface area contributed by atoms with Crippen LogP contribution in [0.1, 0.15) is 41.7 Å². The molecule has 0 aliphatic heterocycles. The molecule has 34 heavy (non-hydrogen) atoms. The third-order valence-electron chi connectivity index (χ3n) is 6.00. The van der Waals surface area contributed by atoms with Crippen molar-refractivity contribution >= 4 is 17.3 Å². The molecule has 0 bridgehead atoms. The summed E-state index contributed by atoms with van der Waals surface area (Å²) in [5.74, 6) is -3.75. The molecule has 2 heterocycles. The molecular formula is C24H22F3N5O2. The molecule has 10 heteroatoms. The van der Waals surface area contributed by atoms with E-state index in [1.165, 1.54) is 6.20 Å². The normalized spacial score (nSPS) is 21.4. The van der Waals surface area contributed by atoms with Gasteiger partial charge in [-0.05, 0) is 60.6 Å². The first-order chi connectivity index (χ1) is 16.3. The number of pyridine rings is 2. The number of carbonyl (C=O) groups excluding carboxylic acids is 1. The Labute approximate surface area is 193 Å². The fourth-order valence-electron chi connectivity index (χ4n) is 4.38. The first-order valence-electron chi connectivity index (χ1n) is 10.6. The van der Waals surface area contributed by atoms with Crippen molar-refractivity contribution in [1.82, 2.24) is 9.97 Å². The molecule has 0 unspecified atom stereocenters. The summed E-state index contributed by atoms with van der Waals surface area (Å²) in [4.78, 5) is 20.9. The minimum absolute atomic E-state index is 0.0435. The van der Waals surface area contributed by atoms with E-state index < -0.39 is 40.7 Å². The Kier molecular flexibility index (Phi) is 6.60. The van der Waals surface area contributed by atoms with E-state index >= 15 is 0 Å². The van der Waals surface area contributed by atoms with Crippen molar-refractivity contribution in [3.8, 4) is 11.3 Å². The highest BCUT2D eigenvalue weighted by molar-refractivity contribution is 6.03. The maximum Gasteiger partial charge on any atom is 0.274 e. The number of hydrogen-bond acceptors (Lipinski definition) is 6. The second-order valence-electron chi connectivity index (χ2n) is 8.24. The lowest BCUT2D eigenvalue weighted by molar-refractivity contribution is 0.102. The molecule has 1 aliphatic rings. The molecule has 0 radical (unpaired) electrons. The highest BCUT2D eigenvalue weighted by atomic mass is 19.1. The maximum absolute atomic E-state index is 14.4. The van der Waals surface area contributed by atoms with Crippen molar-refractivity contribution in [1.29, 1.82) is 0 Å². The van der Waals surface area contributed by atoms with Gasteiger partial charge in [-0.2, -0.15) is 0 Å². The van der Waals surface area contributed by atoms with Gasteiger partial charge in [-0.3, -0.25) is 9.78 Å². The van der Waals surface area contributed by atoms with Crippen LogP contribution in [-0.2, 0) is 0 Å². The molecule has 7 nitrogen and oxygen atoms in total. The highest BCUT2D eigenvalue weighted by Gasteiger charge is 2.33. The lowest BCUT2D eigenvalue weighted by Gasteiger charge is -2.33. The van der Waals surface area contributed by atoms with Crippen LogP contribution in [-0.4, -0.2) is 32.8 Å². The zero-order valence-electron chi connectivity index (χ0n) is 18.2. The van der Waals surface area contributed by atoms with Crippen molar-refractivity contribution in [2.75, 3.05) is 5.32 Å². The first-order valence-corrected chi connectivity index (χ1v) is 10.6. The molecule has 0 saturated heterocycles. The summed E-state index contributed by atoms with van der Waals surface area (Å²) in [6.07, 6.45) is 4.21. The van der Waals surface area contributed by atoms with Gasteiger partial charge in [-0.15, -0.1) is 0 Å². The molecule has 0 spiro atoms. The number of halogens is 3. The summed E-state index contributed by atoms with van der Waals surface area (Å²) in [5, 5.41) is 15.2. The minimum atomic E-state index is -0.993. The van der Waals surface area contributed by atoms with E-state index in [9.17, 15) is 23.2 Å². The van der Waals surface area contributed by atoms with Gasteiger partial charge in [-0.1, -0.05) is 18.1 Å². The van der Waals surface area contributed by atoms with Crippen molar-refractivity contribution in [2.24, 2.45) is 16.8 Å². The second kappa shape index (κ2) is 9.60. The van der Waals surface area contributed by atoms with Crippen molar-refractivity contribution in [3.05, 3.63) is 77.5 Å². The monoisotopic (exact) mass is 469 g/mol. The number of rotatable bonds is 4. The molecule has 2 aromatic heterocycles. The summed E-state index contributed by atoms with van der Waals surface area (Å²) in [6, 6.07) is 6.51. The summed E-state index contributed by atoms with van der Waals surface area (Å²) in [6.45, 7) is 1.91. The number of nitrogens with two attached hydrogens (primary N) is 1. The fraction of sp³-hybridized carbons (Fsp3) is 0.250. The lowest BCUT2D eigenvalue weighted by atomic mass is 9.75. The van der Waals surface area contributed by atoms with Gasteiger partial charge in [0.2, 0.25) is 0 Å². The predicted molar refractivity (Wildman–Crippen MR) is 120 cm³/mol. The van der Waals surface area contributed by atoms with E-state index in [1.54, 1.807) is 12.3 Å². The van der Waals surface area contributed by atoms with Crippen LogP contribution in [0.25, 0.3) is 11.3 Å². The van der Waals surface area contributed by atoms with Gasteiger partial charge in [0.25, 0.3) is 5.91 Å². The van der Waals surface area contributed by atoms with Crippen LogP contribution >= 0.6 is 0 Å². The number of amides is 1. The third-order valence-corrected chi connectivity index (χ3v) is 6.00. The standard InChI is InChI=1S/C24H22F3N5O2/c1-12-9-13(10-18(28)22(12)32-34)14-7-8-29-11-20(14)31-24(33)19-6-5-17(27)23(30-19)21-15(25)3-2-4-16(21)26/h2-8,11-13,18,34H,9-10,28H2,1H3,(H,31,33)/t12-,13+,18+/m0/s1. The molecule has 3 atom stereocenters. The molecule has 3 aromatic rings. The topological polar surface area (TPSA) is 113 Å². The Morgan fingerprint density at radius 1 is 1.12 bits per heavy atom. The Balaban J connectivity index is 1.63. The number of carbonyl (C=O) groups is 1. The van der Waals surface area contributed by atoms with Crippen LogP contribution in [0.5, 0.6) is 0 Å². The second-order valence-corrected chi connectivity index (χ2v) is 8.24. The fourth-order valence-corrected chi connectivity index (χ4v) is 4.38. The average molecular weight is 469 g/mol. The van der Waals surface area contributed by atoms with Gasteiger partial charge in [0.15, 0.2) is 0 Å². The van der Waals surface area contributed by atoms with Gasteiger partial charge in [0.1, 0.15) is 28.8 Å². The summed E-state index contributed by atoms with van der Waals surface area (Å²) >= 11 is 0. The molecule has 4 N–H and O–H groups in total. The number of anilines is 1. The third kappa shape index (κ3) is 4.49. The molecular weight excluding hydrogens is 447 g/mol. The quantitative estimate of drug-likeness (QED) is 0.385. The van der Waals surface area contributed by atoms with E-state index in [-0.39, 0.29) is 17.5 Å². The summed E-state index contributed by atoms with van der Waals surface area (Å²) in [7, 11) is 0. The van der Waals surface area contributed by atoms with Crippen molar-refractivity contribution in [2.45, 2.75) is 31.7 Å². The Morgan fingerprint density at radius 3 is 2.53 bits per heavy atom. The van der Waals surface area contributed by atoms with Crippen LogP contribution in [0.3, 0.4) is 0 Å². The molecule has 4 rings (SSSR count). The molecule has 1 aromatic carbocycles. The molecule has 176 valence electrons. The summed E-state index contributed by atoms with van der Waals surface area (Å²) in [5.41, 5.74) is 6.40. The van der Waals surface area contributed by atoms with Crippen LogP contribution in [0.2, 0.25) is 0 Å². The smallest absolute Gasteiger partial charge is 0.274 e. The highest BCUT2D eigenvalue weighted by Crippen LogP contribution is 2.37. The van der Waals surface area contributed by atoms with Gasteiger partial charge in [0.05, 0.1) is 23.2 Å². The number of oxime groups is 1. The number of hydrogen-bond donors (Lipinski definition) is 3. The van der Waals surface area contributed by atoms with E-state index in [0.717, 1.165) is 35.9 Å². The molecule has 1 saturated carbocycles. The molecule has 1 fully saturated rings. The largest absolute Gasteiger partial charge is 0.411 e. The zero-order chi connectivity index (χ0) is 24.4. The average Bonchev–Trinajstić information content (AvgIpc) is 2.80. The van der Waals surface area contributed by atoms with Gasteiger partial charge < -0.3 is 16.3 Å². The van der Waals surface area contributed by atoms with Gasteiger partial charge >= 0.3 is 0 Å². The van der Waals surface area contributed by atoms with E-state index in [1.807, 2.05) is 6.92 Å². The number of aromatic nitrogens is 2. The van der Waals surface area contributed by atoms with Crippen molar-refractivity contribution in [3.63, 3.8) is 0 Å². The Bertz CT molecular complexity index is 1230. The molecule has 1 aliphatic carbocycles. The lowest BCUT2D eigenvalue weighted by Crippen LogP contribution is -2.41. The number of nitrogens with zero attached hydrogens (tertiary/aromatic N) is 3. The Morgan fingerprint density at radius 2 is 1.85 bits per heavy atom. The van der Waals surface area contributed by atoms with Crippen LogP contribution in [0.4, 0.5) is 18.9 Å². The van der Waals surface area contributed by atoms with Gasteiger partial charge in [0, 0.05) is 12.2 Å². The van der Waals surface area contributed by atoms with E-state index in [4.69, 9.17) is 5.73 Å². The Hall–Kier alpha value is -3.79. The van der Waals surface area contributed by atoms with E-state index in [0.29, 0.717) is 24.2 Å². The predicted octanol–water partition coefficient (Wildman–Crippen LogP) is 4.48. The van der Waals surface area contributed by atoms with Crippen LogP contribution in [0.15, 0.2) is 53.9 Å². The zero-order valence-corrected chi connectivity index (χ0v) is 18.2. The number of benzene rings is 1. The maximum atomic E-state index is 14.4. The van der Waals surface area contributed by atoms with Crippen LogP contribution in [0, 0.1) is 23.4 Å². The minimum Gasteiger partial charge on any atom is -0.411 e. The first kappa shape index (κ1) is 23.4. The van der Waals surface area contributed by atoms with Crippen LogP contribution < -0.4 is 11.1 Å². The van der Waals surface area contributed by atoms with E-state index in [2.05, 4.69) is 20.4 Å². The SMILES string of the molecule is C[C@H]1C[C@@H](c2ccncc2NC(=O)c2ccc(F)c(-c3c(F)cccc3F)n2)C[C@@H](N)C1=NO. The summed E-state index contributed by atoms with van der Waals surface area (Å²) < 4.78 is 42.7.